The Morgan fingerprint density at radius 3 is 2.94 bits per heavy atom. The summed E-state index contributed by atoms with van der Waals surface area (Å²) in [5, 5.41) is 4.11. The van der Waals surface area contributed by atoms with E-state index in [2.05, 4.69) is 15.0 Å². The fraction of sp³-hybridized carbons (Fsp3) is 0.667. The van der Waals surface area contributed by atoms with E-state index in [1.165, 1.54) is 44.1 Å². The molecule has 0 radical (unpaired) electrons. The van der Waals surface area contributed by atoms with Crippen LogP contribution >= 0.6 is 11.3 Å². The molecule has 1 aromatic heterocycles. The molecule has 2 rings (SSSR count). The van der Waals surface area contributed by atoms with Gasteiger partial charge in [-0.3, -0.25) is 0 Å². The zero-order valence-electron chi connectivity index (χ0n) is 10.3. The molecule has 17 heavy (non-hydrogen) atoms. The Hall–Kier alpha value is -1.10. The molecule has 1 aliphatic carbocycles. The van der Waals surface area contributed by atoms with Crippen molar-refractivity contribution in [3.63, 3.8) is 0 Å². The van der Waals surface area contributed by atoms with Crippen LogP contribution in [0.25, 0.3) is 0 Å². The van der Waals surface area contributed by atoms with Crippen LogP contribution in [0.3, 0.4) is 0 Å². The van der Waals surface area contributed by atoms with Gasteiger partial charge in [0.25, 0.3) is 0 Å². The average molecular weight is 254 g/mol. The Morgan fingerprint density at radius 1 is 1.59 bits per heavy atom. The Kier molecular flexibility index (Phi) is 3.99. The lowest BCUT2D eigenvalue weighted by Gasteiger charge is -2.24. The van der Waals surface area contributed by atoms with Crippen LogP contribution in [0.2, 0.25) is 0 Å². The van der Waals surface area contributed by atoms with Crippen LogP contribution in [0.4, 0.5) is 5.13 Å². The Bertz CT molecular complexity index is 399. The molecule has 0 bridgehead atoms. The molecular weight excluding hydrogens is 236 g/mol. The number of carbonyl (C=O) groups excluding carboxylic acids is 1. The predicted molar refractivity (Wildman–Crippen MR) is 68.6 cm³/mol. The molecule has 0 saturated heterocycles. The van der Waals surface area contributed by atoms with Crippen LogP contribution in [0.1, 0.15) is 41.0 Å². The first-order valence-electron chi connectivity index (χ1n) is 6.00. The molecule has 0 spiro atoms. The van der Waals surface area contributed by atoms with Crippen molar-refractivity contribution in [2.45, 2.75) is 32.6 Å². The first-order valence-corrected chi connectivity index (χ1v) is 6.82. The smallest absolute Gasteiger partial charge is 0.357 e. The van der Waals surface area contributed by atoms with Gasteiger partial charge in [-0.2, -0.15) is 0 Å². The minimum absolute atomic E-state index is 0.356. The Balaban J connectivity index is 1.85. The number of methoxy groups -OCH3 is 1. The van der Waals surface area contributed by atoms with Gasteiger partial charge in [-0.15, -0.1) is 11.3 Å². The van der Waals surface area contributed by atoms with Crippen LogP contribution in [-0.4, -0.2) is 24.6 Å². The van der Waals surface area contributed by atoms with Crippen molar-refractivity contribution >= 4 is 22.4 Å². The maximum atomic E-state index is 11.4. The van der Waals surface area contributed by atoms with Crippen molar-refractivity contribution in [3.8, 4) is 0 Å². The van der Waals surface area contributed by atoms with E-state index >= 15 is 0 Å². The lowest BCUT2D eigenvalue weighted by Crippen LogP contribution is -2.15. The van der Waals surface area contributed by atoms with Crippen molar-refractivity contribution in [3.05, 3.63) is 10.6 Å². The highest BCUT2D eigenvalue weighted by molar-refractivity contribution is 7.15. The second-order valence-electron chi connectivity index (χ2n) is 4.43. The molecule has 4 nitrogen and oxygen atoms in total. The average Bonchev–Trinajstić information content (AvgIpc) is 2.62. The molecule has 5 heteroatoms. The number of hydrogen-bond donors (Lipinski definition) is 1. The summed E-state index contributed by atoms with van der Waals surface area (Å²) in [5.41, 5.74) is 0.434. The molecule has 0 aliphatic heterocycles. The minimum atomic E-state index is -0.356. The number of ether oxygens (including phenoxy) is 1. The van der Waals surface area contributed by atoms with Crippen LogP contribution in [-0.2, 0) is 4.74 Å². The van der Waals surface area contributed by atoms with Crippen molar-refractivity contribution in [2.24, 2.45) is 5.92 Å². The monoisotopic (exact) mass is 254 g/mol. The van der Waals surface area contributed by atoms with Gasteiger partial charge in [0.05, 0.1) is 7.11 Å². The second-order valence-corrected chi connectivity index (χ2v) is 5.63. The molecule has 1 aliphatic rings. The van der Waals surface area contributed by atoms with Crippen molar-refractivity contribution in [2.75, 3.05) is 19.0 Å². The maximum Gasteiger partial charge on any atom is 0.357 e. The maximum absolute atomic E-state index is 11.4. The predicted octanol–water partition coefficient (Wildman–Crippen LogP) is 2.84. The van der Waals surface area contributed by atoms with E-state index in [1.807, 2.05) is 6.92 Å². The number of aryl methyl sites for hydroxylation is 1. The van der Waals surface area contributed by atoms with E-state index in [4.69, 9.17) is 0 Å². The molecule has 1 aromatic rings. The molecule has 94 valence electrons. The summed E-state index contributed by atoms with van der Waals surface area (Å²) in [6.07, 6.45) is 5.32. The number of aromatic nitrogens is 1. The Labute approximate surface area is 105 Å². The van der Waals surface area contributed by atoms with Gasteiger partial charge in [0.1, 0.15) is 0 Å². The van der Waals surface area contributed by atoms with Gasteiger partial charge < -0.3 is 10.1 Å². The highest BCUT2D eigenvalue weighted by Crippen LogP contribution is 2.29. The number of anilines is 1. The third kappa shape index (κ3) is 2.97. The van der Waals surface area contributed by atoms with Crippen LogP contribution in [0.5, 0.6) is 0 Å². The number of nitrogens with one attached hydrogen (secondary N) is 1. The van der Waals surface area contributed by atoms with Gasteiger partial charge in [-0.25, -0.2) is 9.78 Å². The molecule has 0 amide bonds. The van der Waals surface area contributed by atoms with Crippen molar-refractivity contribution in [1.82, 2.24) is 4.98 Å². The summed E-state index contributed by atoms with van der Waals surface area (Å²) >= 11 is 1.51. The second kappa shape index (κ2) is 5.49. The largest absolute Gasteiger partial charge is 0.464 e. The highest BCUT2D eigenvalue weighted by Gasteiger charge is 2.18. The summed E-state index contributed by atoms with van der Waals surface area (Å²) in [4.78, 5) is 16.5. The molecule has 1 heterocycles. The lowest BCUT2D eigenvalue weighted by molar-refractivity contribution is 0.0594. The van der Waals surface area contributed by atoms with Gasteiger partial charge in [-0.1, -0.05) is 19.3 Å². The molecular formula is C12H18N2O2S. The molecule has 1 N–H and O–H groups in total. The summed E-state index contributed by atoms with van der Waals surface area (Å²) in [6.45, 7) is 2.83. The minimum Gasteiger partial charge on any atom is -0.464 e. The topological polar surface area (TPSA) is 51.2 Å². The SMILES string of the molecule is COC(=O)c1nc(NCCC2CCC2)sc1C. The molecule has 1 fully saturated rings. The number of esters is 1. The molecule has 0 atom stereocenters. The fourth-order valence-corrected chi connectivity index (χ4v) is 2.75. The van der Waals surface area contributed by atoms with Gasteiger partial charge in [-0.05, 0) is 19.3 Å². The number of thiazole rings is 1. The van der Waals surface area contributed by atoms with Crippen molar-refractivity contribution < 1.29 is 9.53 Å². The third-order valence-corrected chi connectivity index (χ3v) is 4.16. The van der Waals surface area contributed by atoms with Crippen LogP contribution in [0.15, 0.2) is 0 Å². The van der Waals surface area contributed by atoms with E-state index in [0.717, 1.165) is 22.5 Å². The van der Waals surface area contributed by atoms with Gasteiger partial charge in [0.2, 0.25) is 0 Å². The molecule has 0 unspecified atom stereocenters. The van der Waals surface area contributed by atoms with E-state index in [-0.39, 0.29) is 5.97 Å². The van der Waals surface area contributed by atoms with E-state index in [0.29, 0.717) is 5.69 Å². The quantitative estimate of drug-likeness (QED) is 0.821. The number of carbonyl (C=O) groups is 1. The molecule has 1 saturated carbocycles. The van der Waals surface area contributed by atoms with Gasteiger partial charge in [0.15, 0.2) is 10.8 Å². The molecule has 0 aromatic carbocycles. The van der Waals surface area contributed by atoms with Gasteiger partial charge in [0, 0.05) is 11.4 Å². The van der Waals surface area contributed by atoms with E-state index in [1.54, 1.807) is 0 Å². The fourth-order valence-electron chi connectivity index (χ4n) is 1.92. The first-order chi connectivity index (χ1) is 8.20. The zero-order chi connectivity index (χ0) is 12.3. The summed E-state index contributed by atoms with van der Waals surface area (Å²) in [6, 6.07) is 0. The standard InChI is InChI=1S/C12H18N2O2S/c1-8-10(11(15)16-2)14-12(17-8)13-7-6-9-4-3-5-9/h9H,3-7H2,1-2H3,(H,13,14). The zero-order valence-corrected chi connectivity index (χ0v) is 11.1. The van der Waals surface area contributed by atoms with Gasteiger partial charge >= 0.3 is 5.97 Å². The summed E-state index contributed by atoms with van der Waals surface area (Å²) < 4.78 is 4.68. The number of nitrogens with zero attached hydrogens (tertiary/aromatic N) is 1. The van der Waals surface area contributed by atoms with E-state index in [9.17, 15) is 4.79 Å². The highest BCUT2D eigenvalue weighted by atomic mass is 32.1. The number of hydrogen-bond acceptors (Lipinski definition) is 5. The third-order valence-electron chi connectivity index (χ3n) is 3.23. The first kappa shape index (κ1) is 12.4. The Morgan fingerprint density at radius 2 is 2.35 bits per heavy atom. The summed E-state index contributed by atoms with van der Waals surface area (Å²) in [7, 11) is 1.38. The van der Waals surface area contributed by atoms with E-state index < -0.39 is 0 Å². The lowest BCUT2D eigenvalue weighted by atomic mass is 9.83. The van der Waals surface area contributed by atoms with Crippen LogP contribution in [0, 0.1) is 12.8 Å². The van der Waals surface area contributed by atoms with Crippen LogP contribution < -0.4 is 5.32 Å². The van der Waals surface area contributed by atoms with Crippen molar-refractivity contribution in [1.29, 1.82) is 0 Å². The summed E-state index contributed by atoms with van der Waals surface area (Å²) in [5.74, 6) is 0.537. The number of rotatable bonds is 5. The normalized spacial score (nSPS) is 15.4.